The molecule has 0 aliphatic heterocycles. The van der Waals surface area contributed by atoms with Crippen LogP contribution in [-0.4, -0.2) is 0 Å². The fraction of sp³-hybridized carbons (Fsp3) is 0.462. The molecule has 0 aromatic heterocycles. The predicted molar refractivity (Wildman–Crippen MR) is 58.9 cm³/mol. The SMILES string of the molecule is [CH2]CCc1c(CC)cccc1CC. The maximum absolute atomic E-state index is 3.93. The minimum absolute atomic E-state index is 1.00. The molecule has 13 heavy (non-hydrogen) atoms. The van der Waals surface area contributed by atoms with Gasteiger partial charge in [0.05, 0.1) is 0 Å². The highest BCUT2D eigenvalue weighted by Gasteiger charge is 2.03. The molecule has 0 amide bonds. The van der Waals surface area contributed by atoms with Crippen LogP contribution in [0.3, 0.4) is 0 Å². The molecule has 0 nitrogen and oxygen atoms in total. The predicted octanol–water partition coefficient (Wildman–Crippen LogP) is 3.58. The molecule has 0 heterocycles. The Hall–Kier alpha value is -0.780. The molecule has 71 valence electrons. The summed E-state index contributed by atoms with van der Waals surface area (Å²) in [5.41, 5.74) is 4.55. The van der Waals surface area contributed by atoms with E-state index in [1.807, 2.05) is 0 Å². The van der Waals surface area contributed by atoms with Gasteiger partial charge >= 0.3 is 0 Å². The van der Waals surface area contributed by atoms with Crippen molar-refractivity contribution in [2.24, 2.45) is 0 Å². The van der Waals surface area contributed by atoms with Gasteiger partial charge in [-0.3, -0.25) is 0 Å². The summed E-state index contributed by atoms with van der Waals surface area (Å²) < 4.78 is 0. The smallest absolute Gasteiger partial charge is 0.0273 e. The molecule has 0 fully saturated rings. The number of rotatable bonds is 4. The van der Waals surface area contributed by atoms with Gasteiger partial charge in [-0.1, -0.05) is 39.0 Å². The first-order chi connectivity index (χ1) is 6.33. The number of benzene rings is 1. The lowest BCUT2D eigenvalue weighted by molar-refractivity contribution is 0.923. The standard InChI is InChI=1S/C13H19/c1-4-8-13-11(5-2)9-7-10-12(13)6-3/h7,9-10H,1,4-6,8H2,2-3H3. The molecular weight excluding hydrogens is 156 g/mol. The summed E-state index contributed by atoms with van der Waals surface area (Å²) >= 11 is 0. The van der Waals surface area contributed by atoms with Crippen LogP contribution in [0.4, 0.5) is 0 Å². The van der Waals surface area contributed by atoms with Crippen LogP contribution in [0.1, 0.15) is 37.0 Å². The molecule has 0 N–H and O–H groups in total. The first kappa shape index (κ1) is 10.3. The highest BCUT2D eigenvalue weighted by atomic mass is 14.1. The maximum Gasteiger partial charge on any atom is -0.0273 e. The zero-order chi connectivity index (χ0) is 9.68. The van der Waals surface area contributed by atoms with Gasteiger partial charge in [0.25, 0.3) is 0 Å². The van der Waals surface area contributed by atoms with Gasteiger partial charge < -0.3 is 0 Å². The molecule has 0 heteroatoms. The molecule has 0 saturated carbocycles. The molecule has 1 radical (unpaired) electrons. The average molecular weight is 175 g/mol. The van der Waals surface area contributed by atoms with E-state index in [4.69, 9.17) is 0 Å². The summed E-state index contributed by atoms with van der Waals surface area (Å²) in [5, 5.41) is 0. The fourth-order valence-corrected chi connectivity index (χ4v) is 1.85. The summed E-state index contributed by atoms with van der Waals surface area (Å²) in [6.45, 7) is 8.38. The van der Waals surface area contributed by atoms with Crippen LogP contribution in [0.2, 0.25) is 0 Å². The van der Waals surface area contributed by atoms with Crippen molar-refractivity contribution in [3.63, 3.8) is 0 Å². The number of hydrogen-bond donors (Lipinski definition) is 0. The minimum atomic E-state index is 1.00. The van der Waals surface area contributed by atoms with Crippen molar-refractivity contribution in [2.75, 3.05) is 0 Å². The Labute approximate surface area is 82.0 Å². The third kappa shape index (κ3) is 2.33. The quantitative estimate of drug-likeness (QED) is 0.656. The van der Waals surface area contributed by atoms with Gasteiger partial charge in [-0.15, -0.1) is 0 Å². The van der Waals surface area contributed by atoms with Crippen LogP contribution >= 0.6 is 0 Å². The lowest BCUT2D eigenvalue weighted by Crippen LogP contribution is -1.98. The summed E-state index contributed by atoms with van der Waals surface area (Å²) in [7, 11) is 0. The molecule has 0 saturated heterocycles. The molecule has 0 unspecified atom stereocenters. The lowest BCUT2D eigenvalue weighted by atomic mass is 9.94. The summed E-state index contributed by atoms with van der Waals surface area (Å²) in [6, 6.07) is 6.65. The largest absolute Gasteiger partial charge is 0.0617 e. The van der Waals surface area contributed by atoms with Crippen molar-refractivity contribution >= 4 is 0 Å². The first-order valence-electron chi connectivity index (χ1n) is 5.22. The van der Waals surface area contributed by atoms with Crippen molar-refractivity contribution < 1.29 is 0 Å². The summed E-state index contributed by atoms with van der Waals surface area (Å²) in [5.74, 6) is 0. The third-order valence-corrected chi connectivity index (χ3v) is 2.56. The molecule has 0 bridgehead atoms. The molecule has 0 aliphatic rings. The van der Waals surface area contributed by atoms with Crippen LogP contribution in [0.5, 0.6) is 0 Å². The summed E-state index contributed by atoms with van der Waals surface area (Å²) in [4.78, 5) is 0. The van der Waals surface area contributed by atoms with E-state index in [0.29, 0.717) is 0 Å². The number of aryl methyl sites for hydroxylation is 2. The van der Waals surface area contributed by atoms with Crippen molar-refractivity contribution in [1.29, 1.82) is 0 Å². The molecule has 0 aliphatic carbocycles. The van der Waals surface area contributed by atoms with E-state index in [1.54, 1.807) is 5.56 Å². The summed E-state index contributed by atoms with van der Waals surface area (Å²) in [6.07, 6.45) is 4.42. The van der Waals surface area contributed by atoms with Crippen LogP contribution < -0.4 is 0 Å². The van der Waals surface area contributed by atoms with Crippen LogP contribution in [0, 0.1) is 6.92 Å². The highest BCUT2D eigenvalue weighted by Crippen LogP contribution is 2.17. The zero-order valence-electron chi connectivity index (χ0n) is 8.77. The Morgan fingerprint density at radius 1 is 1.08 bits per heavy atom. The normalized spacial score (nSPS) is 10.4. The Kier molecular flexibility index (Phi) is 4.01. The van der Waals surface area contributed by atoms with Crippen molar-refractivity contribution in [2.45, 2.75) is 39.5 Å². The van der Waals surface area contributed by atoms with Crippen LogP contribution in [0.15, 0.2) is 18.2 Å². The molecule has 1 aromatic carbocycles. The molecular formula is C13H19. The minimum Gasteiger partial charge on any atom is -0.0617 e. The van der Waals surface area contributed by atoms with Crippen molar-refractivity contribution in [3.8, 4) is 0 Å². The van der Waals surface area contributed by atoms with E-state index >= 15 is 0 Å². The van der Waals surface area contributed by atoms with Crippen molar-refractivity contribution in [1.82, 2.24) is 0 Å². The Morgan fingerprint density at radius 3 is 2.00 bits per heavy atom. The highest BCUT2D eigenvalue weighted by molar-refractivity contribution is 5.35. The second kappa shape index (κ2) is 5.06. The van der Waals surface area contributed by atoms with E-state index in [9.17, 15) is 0 Å². The van der Waals surface area contributed by atoms with E-state index < -0.39 is 0 Å². The Morgan fingerprint density at radius 2 is 1.62 bits per heavy atom. The van der Waals surface area contributed by atoms with Gasteiger partial charge in [0.1, 0.15) is 0 Å². The molecule has 1 rings (SSSR count). The van der Waals surface area contributed by atoms with E-state index in [1.165, 1.54) is 11.1 Å². The average Bonchev–Trinajstić information content (AvgIpc) is 2.18. The number of hydrogen-bond acceptors (Lipinski definition) is 0. The van der Waals surface area contributed by atoms with Gasteiger partial charge in [-0.05, 0) is 42.4 Å². The van der Waals surface area contributed by atoms with E-state index in [0.717, 1.165) is 25.7 Å². The van der Waals surface area contributed by atoms with Crippen LogP contribution in [0.25, 0.3) is 0 Å². The maximum atomic E-state index is 3.93. The fourth-order valence-electron chi connectivity index (χ4n) is 1.85. The van der Waals surface area contributed by atoms with Crippen LogP contribution in [-0.2, 0) is 19.3 Å². The second-order valence-corrected chi connectivity index (χ2v) is 3.37. The van der Waals surface area contributed by atoms with Gasteiger partial charge in [0, 0.05) is 0 Å². The van der Waals surface area contributed by atoms with Gasteiger partial charge in [0.15, 0.2) is 0 Å². The monoisotopic (exact) mass is 175 g/mol. The Balaban J connectivity index is 3.05. The zero-order valence-corrected chi connectivity index (χ0v) is 8.77. The second-order valence-electron chi connectivity index (χ2n) is 3.37. The first-order valence-corrected chi connectivity index (χ1v) is 5.22. The van der Waals surface area contributed by atoms with Gasteiger partial charge in [0.2, 0.25) is 0 Å². The van der Waals surface area contributed by atoms with Gasteiger partial charge in [-0.25, -0.2) is 0 Å². The van der Waals surface area contributed by atoms with E-state index in [-0.39, 0.29) is 0 Å². The topological polar surface area (TPSA) is 0 Å². The third-order valence-electron chi connectivity index (χ3n) is 2.56. The molecule has 1 aromatic rings. The van der Waals surface area contributed by atoms with E-state index in [2.05, 4.69) is 39.0 Å². The van der Waals surface area contributed by atoms with Gasteiger partial charge in [-0.2, -0.15) is 0 Å². The molecule has 0 atom stereocenters. The Bertz CT molecular complexity index is 238. The molecule has 0 spiro atoms. The van der Waals surface area contributed by atoms with Crippen molar-refractivity contribution in [3.05, 3.63) is 41.8 Å². The lowest BCUT2D eigenvalue weighted by Gasteiger charge is -2.11.